The van der Waals surface area contributed by atoms with Crippen molar-refractivity contribution in [3.63, 3.8) is 0 Å². The Morgan fingerprint density at radius 1 is 0.885 bits per heavy atom. The van der Waals surface area contributed by atoms with Crippen LogP contribution in [0.4, 0.5) is 10.1 Å². The van der Waals surface area contributed by atoms with E-state index in [-0.39, 0.29) is 17.3 Å². The van der Waals surface area contributed by atoms with Crippen LogP contribution >= 0.6 is 11.6 Å². The number of halogens is 2. The van der Waals surface area contributed by atoms with Gasteiger partial charge >= 0.3 is 0 Å². The highest BCUT2D eigenvalue weighted by atomic mass is 35.5. The van der Waals surface area contributed by atoms with E-state index in [4.69, 9.17) is 11.6 Å². The lowest BCUT2D eigenvalue weighted by molar-refractivity contribution is 0.590. The Kier molecular flexibility index (Phi) is 5.30. The number of aryl methyl sites for hydroxylation is 1. The first-order chi connectivity index (χ1) is 12.4. The van der Waals surface area contributed by atoms with Gasteiger partial charge in [-0.3, -0.25) is 4.31 Å². The molecule has 26 heavy (non-hydrogen) atoms. The third kappa shape index (κ3) is 4.06. The van der Waals surface area contributed by atoms with E-state index < -0.39 is 10.0 Å². The van der Waals surface area contributed by atoms with Gasteiger partial charge in [-0.1, -0.05) is 41.4 Å². The maximum atomic E-state index is 13.2. The molecule has 0 aliphatic heterocycles. The quantitative estimate of drug-likeness (QED) is 0.602. The molecule has 0 radical (unpaired) electrons. The predicted octanol–water partition coefficient (Wildman–Crippen LogP) is 5.18. The molecule has 0 aliphatic carbocycles. The van der Waals surface area contributed by atoms with Gasteiger partial charge in [0.1, 0.15) is 5.82 Å². The molecule has 0 saturated carbocycles. The maximum Gasteiger partial charge on any atom is 0.264 e. The molecule has 134 valence electrons. The number of sulfonamides is 1. The zero-order valence-electron chi connectivity index (χ0n) is 14.1. The van der Waals surface area contributed by atoms with E-state index in [0.717, 1.165) is 5.56 Å². The van der Waals surface area contributed by atoms with Crippen LogP contribution in [0.3, 0.4) is 0 Å². The van der Waals surface area contributed by atoms with Crippen molar-refractivity contribution in [2.75, 3.05) is 4.31 Å². The minimum Gasteiger partial charge on any atom is -0.262 e. The lowest BCUT2D eigenvalue weighted by Gasteiger charge is -2.25. The Morgan fingerprint density at radius 3 is 2.04 bits per heavy atom. The van der Waals surface area contributed by atoms with E-state index in [1.165, 1.54) is 28.6 Å². The van der Waals surface area contributed by atoms with Gasteiger partial charge in [0.15, 0.2) is 0 Å². The van der Waals surface area contributed by atoms with Gasteiger partial charge in [-0.05, 0) is 61.0 Å². The zero-order valence-corrected chi connectivity index (χ0v) is 15.6. The molecule has 0 spiro atoms. The fourth-order valence-corrected chi connectivity index (χ4v) is 4.09. The third-order valence-corrected chi connectivity index (χ3v) is 6.00. The largest absolute Gasteiger partial charge is 0.264 e. The Morgan fingerprint density at radius 2 is 1.46 bits per heavy atom. The number of rotatable bonds is 5. The Labute approximate surface area is 157 Å². The maximum absolute atomic E-state index is 13.2. The third-order valence-electron chi connectivity index (χ3n) is 3.96. The number of hydrogen-bond donors (Lipinski definition) is 0. The standard InChI is InChI=1S/C20H17ClFNO2S/c1-15-2-10-19(11-3-15)23(14-16-4-8-18(22)9-5-16)26(24,25)20-12-6-17(21)7-13-20/h2-13H,14H2,1H3. The van der Waals surface area contributed by atoms with Crippen LogP contribution < -0.4 is 4.31 Å². The molecule has 0 N–H and O–H groups in total. The predicted molar refractivity (Wildman–Crippen MR) is 102 cm³/mol. The fraction of sp³-hybridized carbons (Fsp3) is 0.100. The van der Waals surface area contributed by atoms with Crippen molar-refractivity contribution in [1.29, 1.82) is 0 Å². The lowest BCUT2D eigenvalue weighted by atomic mass is 10.2. The normalized spacial score (nSPS) is 11.3. The summed E-state index contributed by atoms with van der Waals surface area (Å²) < 4.78 is 40.9. The summed E-state index contributed by atoms with van der Waals surface area (Å²) in [6, 6.07) is 19.0. The second-order valence-corrected chi connectivity index (χ2v) is 8.23. The van der Waals surface area contributed by atoms with Crippen LogP contribution in [0.5, 0.6) is 0 Å². The van der Waals surface area contributed by atoms with E-state index in [9.17, 15) is 12.8 Å². The molecule has 0 aromatic heterocycles. The van der Waals surface area contributed by atoms with Crippen LogP contribution in [-0.2, 0) is 16.6 Å². The molecular formula is C20H17ClFNO2S. The zero-order chi connectivity index (χ0) is 18.7. The van der Waals surface area contributed by atoms with Crippen LogP contribution in [0.1, 0.15) is 11.1 Å². The SMILES string of the molecule is Cc1ccc(N(Cc2ccc(F)cc2)S(=O)(=O)c2ccc(Cl)cc2)cc1. The second-order valence-electron chi connectivity index (χ2n) is 5.93. The minimum atomic E-state index is -3.81. The first-order valence-corrected chi connectivity index (χ1v) is 9.77. The summed E-state index contributed by atoms with van der Waals surface area (Å²) >= 11 is 5.88. The second kappa shape index (κ2) is 7.48. The first kappa shape index (κ1) is 18.4. The van der Waals surface area contributed by atoms with Crippen molar-refractivity contribution in [2.24, 2.45) is 0 Å². The molecule has 0 unspecified atom stereocenters. The van der Waals surface area contributed by atoms with E-state index in [1.807, 2.05) is 19.1 Å². The highest BCUT2D eigenvalue weighted by Crippen LogP contribution is 2.27. The average molecular weight is 390 g/mol. The van der Waals surface area contributed by atoms with Crippen LogP contribution in [0, 0.1) is 12.7 Å². The highest BCUT2D eigenvalue weighted by Gasteiger charge is 2.25. The molecule has 0 fully saturated rings. The van der Waals surface area contributed by atoms with Gasteiger partial charge < -0.3 is 0 Å². The summed E-state index contributed by atoms with van der Waals surface area (Å²) in [6.07, 6.45) is 0. The molecule has 0 bridgehead atoms. The Balaban J connectivity index is 2.05. The van der Waals surface area contributed by atoms with Crippen molar-refractivity contribution >= 4 is 27.3 Å². The topological polar surface area (TPSA) is 37.4 Å². The van der Waals surface area contributed by atoms with Gasteiger partial charge in [0.05, 0.1) is 17.1 Å². The first-order valence-electron chi connectivity index (χ1n) is 7.96. The van der Waals surface area contributed by atoms with Gasteiger partial charge in [-0.15, -0.1) is 0 Å². The number of nitrogens with zero attached hydrogens (tertiary/aromatic N) is 1. The molecular weight excluding hydrogens is 373 g/mol. The van der Waals surface area contributed by atoms with Gasteiger partial charge in [-0.2, -0.15) is 0 Å². The molecule has 3 aromatic carbocycles. The Bertz CT molecular complexity index is 985. The average Bonchev–Trinajstić information content (AvgIpc) is 2.62. The van der Waals surface area contributed by atoms with Gasteiger partial charge in [0.2, 0.25) is 0 Å². The van der Waals surface area contributed by atoms with E-state index >= 15 is 0 Å². The molecule has 0 aliphatic rings. The van der Waals surface area contributed by atoms with Crippen LogP contribution in [0.2, 0.25) is 5.02 Å². The molecule has 0 saturated heterocycles. The molecule has 6 heteroatoms. The van der Waals surface area contributed by atoms with Crippen molar-refractivity contribution in [3.05, 3.63) is 94.8 Å². The number of hydrogen-bond acceptors (Lipinski definition) is 2. The molecule has 3 aromatic rings. The molecule has 0 atom stereocenters. The summed E-state index contributed by atoms with van der Waals surface area (Å²) in [4.78, 5) is 0.143. The molecule has 3 rings (SSSR count). The minimum absolute atomic E-state index is 0.0916. The Hall–Kier alpha value is -2.37. The van der Waals surface area contributed by atoms with Gasteiger partial charge in [-0.25, -0.2) is 12.8 Å². The summed E-state index contributed by atoms with van der Waals surface area (Å²) in [5.74, 6) is -0.365. The van der Waals surface area contributed by atoms with Crippen molar-refractivity contribution in [2.45, 2.75) is 18.4 Å². The van der Waals surface area contributed by atoms with Crippen molar-refractivity contribution < 1.29 is 12.8 Å². The van der Waals surface area contributed by atoms with Gasteiger partial charge in [0.25, 0.3) is 10.0 Å². The number of anilines is 1. The smallest absolute Gasteiger partial charge is 0.262 e. The summed E-state index contributed by atoms with van der Waals surface area (Å²) in [5.41, 5.74) is 2.25. The fourth-order valence-electron chi connectivity index (χ4n) is 2.52. The monoisotopic (exact) mass is 389 g/mol. The van der Waals surface area contributed by atoms with E-state index in [1.54, 1.807) is 36.4 Å². The van der Waals surface area contributed by atoms with Crippen molar-refractivity contribution in [3.8, 4) is 0 Å². The number of benzene rings is 3. The van der Waals surface area contributed by atoms with E-state index in [0.29, 0.717) is 16.3 Å². The molecule has 0 heterocycles. The van der Waals surface area contributed by atoms with Crippen LogP contribution in [0.15, 0.2) is 77.7 Å². The lowest BCUT2D eigenvalue weighted by Crippen LogP contribution is -2.30. The summed E-state index contributed by atoms with van der Waals surface area (Å²) in [6.45, 7) is 2.02. The van der Waals surface area contributed by atoms with Gasteiger partial charge in [0, 0.05) is 5.02 Å². The highest BCUT2D eigenvalue weighted by molar-refractivity contribution is 7.92. The van der Waals surface area contributed by atoms with Crippen molar-refractivity contribution in [1.82, 2.24) is 0 Å². The van der Waals surface area contributed by atoms with E-state index in [2.05, 4.69) is 0 Å². The molecule has 3 nitrogen and oxygen atoms in total. The van der Waals surface area contributed by atoms with Crippen LogP contribution in [-0.4, -0.2) is 8.42 Å². The van der Waals surface area contributed by atoms with Crippen LogP contribution in [0.25, 0.3) is 0 Å². The summed E-state index contributed by atoms with van der Waals surface area (Å²) in [7, 11) is -3.81. The summed E-state index contributed by atoms with van der Waals surface area (Å²) in [5, 5.41) is 0.462. The molecule has 0 amide bonds.